The van der Waals surface area contributed by atoms with Gasteiger partial charge in [-0.05, 0) is 29.8 Å². The molecule has 0 radical (unpaired) electrons. The maximum absolute atomic E-state index is 12.9. The highest BCUT2D eigenvalue weighted by Gasteiger charge is 2.24. The van der Waals surface area contributed by atoms with Crippen molar-refractivity contribution in [2.24, 2.45) is 0 Å². The van der Waals surface area contributed by atoms with Crippen molar-refractivity contribution in [3.05, 3.63) is 52.7 Å². The number of nitrogens with one attached hydrogen (secondary N) is 2. The Kier molecular flexibility index (Phi) is 6.32. The third kappa shape index (κ3) is 4.54. The molecule has 10 heteroatoms. The number of fused-ring (bicyclic) bond motifs is 2. The summed E-state index contributed by atoms with van der Waals surface area (Å²) >= 11 is 6.36. The third-order valence-corrected chi connectivity index (χ3v) is 6.42. The second kappa shape index (κ2) is 9.54. The molecule has 0 saturated carbocycles. The first-order chi connectivity index (χ1) is 16.5. The number of carbonyl (C=O) groups excluding carboxylic acids is 2. The molecule has 3 aromatic rings. The summed E-state index contributed by atoms with van der Waals surface area (Å²) in [5.74, 6) is 0.790. The maximum Gasteiger partial charge on any atom is 0.356 e. The normalized spacial score (nSPS) is 16.1. The minimum atomic E-state index is -0.570. The number of aromatic amines is 1. The van der Waals surface area contributed by atoms with E-state index >= 15 is 0 Å². The number of nitrogens with zero attached hydrogens (tertiary/aromatic N) is 2. The lowest BCUT2D eigenvalue weighted by molar-refractivity contribution is -0.117. The van der Waals surface area contributed by atoms with Crippen molar-refractivity contribution in [2.75, 3.05) is 51.9 Å². The fourth-order valence-electron chi connectivity index (χ4n) is 4.37. The number of carbonyl (C=O) groups is 2. The molecule has 0 spiro atoms. The number of rotatable bonds is 6. The minimum absolute atomic E-state index is 0.174. The van der Waals surface area contributed by atoms with E-state index in [0.29, 0.717) is 21.6 Å². The van der Waals surface area contributed by atoms with E-state index in [0.717, 1.165) is 44.2 Å². The lowest BCUT2D eigenvalue weighted by atomic mass is 10.1. The second-order valence-electron chi connectivity index (χ2n) is 8.32. The lowest BCUT2D eigenvalue weighted by Crippen LogP contribution is -2.48. The van der Waals surface area contributed by atoms with Crippen molar-refractivity contribution in [1.82, 2.24) is 14.8 Å². The van der Waals surface area contributed by atoms with Crippen LogP contribution < -0.4 is 14.8 Å². The fourth-order valence-corrected chi connectivity index (χ4v) is 4.64. The Hall–Kier alpha value is -3.27. The quantitative estimate of drug-likeness (QED) is 0.519. The Morgan fingerprint density at radius 3 is 2.65 bits per heavy atom. The molecule has 178 valence electrons. The number of hydrogen-bond acceptors (Lipinski definition) is 7. The van der Waals surface area contributed by atoms with E-state index in [9.17, 15) is 9.59 Å². The van der Waals surface area contributed by atoms with Crippen LogP contribution in [0.25, 0.3) is 10.9 Å². The molecule has 0 atom stereocenters. The Bertz CT molecular complexity index is 1240. The van der Waals surface area contributed by atoms with Gasteiger partial charge in [-0.3, -0.25) is 14.6 Å². The highest BCUT2D eigenvalue weighted by molar-refractivity contribution is 6.37. The number of methoxy groups -OCH3 is 1. The van der Waals surface area contributed by atoms with Crippen molar-refractivity contribution < 1.29 is 23.8 Å². The molecule has 3 heterocycles. The molecule has 1 fully saturated rings. The first-order valence-corrected chi connectivity index (χ1v) is 11.4. The van der Waals surface area contributed by atoms with Crippen LogP contribution in [0.4, 0.5) is 5.69 Å². The molecule has 2 aliphatic heterocycles. The number of anilines is 1. The van der Waals surface area contributed by atoms with E-state index in [-0.39, 0.29) is 24.9 Å². The number of aromatic nitrogens is 1. The smallest absolute Gasteiger partial charge is 0.356 e. The molecule has 0 aliphatic carbocycles. The molecule has 2 N–H and O–H groups in total. The summed E-state index contributed by atoms with van der Waals surface area (Å²) < 4.78 is 15.7. The number of halogens is 1. The van der Waals surface area contributed by atoms with Crippen LogP contribution in [0.3, 0.4) is 0 Å². The average molecular weight is 485 g/mol. The zero-order valence-corrected chi connectivity index (χ0v) is 19.5. The zero-order valence-electron chi connectivity index (χ0n) is 18.7. The minimum Gasteiger partial charge on any atom is -0.464 e. The Morgan fingerprint density at radius 2 is 1.85 bits per heavy atom. The molecule has 2 aliphatic rings. The summed E-state index contributed by atoms with van der Waals surface area (Å²) in [4.78, 5) is 32.6. The van der Waals surface area contributed by atoms with Crippen LogP contribution in [0.5, 0.6) is 11.5 Å². The van der Waals surface area contributed by atoms with Gasteiger partial charge in [0.05, 0.1) is 24.4 Å². The van der Waals surface area contributed by atoms with Crippen molar-refractivity contribution in [3.63, 3.8) is 0 Å². The van der Waals surface area contributed by atoms with Crippen LogP contribution in [0.1, 0.15) is 16.1 Å². The van der Waals surface area contributed by atoms with Crippen molar-refractivity contribution in [1.29, 1.82) is 0 Å². The molecule has 5 rings (SSSR count). The monoisotopic (exact) mass is 484 g/mol. The van der Waals surface area contributed by atoms with Crippen molar-refractivity contribution >= 4 is 40.1 Å². The number of piperazine rings is 1. The highest BCUT2D eigenvalue weighted by atomic mass is 35.5. The summed E-state index contributed by atoms with van der Waals surface area (Å²) in [5, 5.41) is 3.91. The van der Waals surface area contributed by atoms with Gasteiger partial charge in [0.25, 0.3) is 0 Å². The van der Waals surface area contributed by atoms with Gasteiger partial charge < -0.3 is 24.5 Å². The van der Waals surface area contributed by atoms with Gasteiger partial charge >= 0.3 is 5.97 Å². The predicted molar refractivity (Wildman–Crippen MR) is 128 cm³/mol. The van der Waals surface area contributed by atoms with Crippen LogP contribution in [0, 0.1) is 0 Å². The number of benzene rings is 2. The first kappa shape index (κ1) is 22.5. The summed E-state index contributed by atoms with van der Waals surface area (Å²) in [5.41, 5.74) is 2.34. The largest absolute Gasteiger partial charge is 0.464 e. The van der Waals surface area contributed by atoms with Gasteiger partial charge in [0.2, 0.25) is 12.7 Å². The molecule has 1 aromatic heterocycles. The summed E-state index contributed by atoms with van der Waals surface area (Å²) in [6, 6.07) is 11.3. The van der Waals surface area contributed by atoms with Crippen LogP contribution in [-0.4, -0.2) is 73.3 Å². The van der Waals surface area contributed by atoms with E-state index in [1.807, 2.05) is 12.1 Å². The molecule has 0 unspecified atom stereocenters. The van der Waals surface area contributed by atoms with E-state index in [4.69, 9.17) is 25.8 Å². The van der Waals surface area contributed by atoms with Gasteiger partial charge in [0.15, 0.2) is 11.5 Å². The Labute approximate surface area is 201 Å². The van der Waals surface area contributed by atoms with Gasteiger partial charge in [0.1, 0.15) is 5.69 Å². The van der Waals surface area contributed by atoms with Gasteiger partial charge in [0, 0.05) is 43.6 Å². The predicted octanol–water partition coefficient (Wildman–Crippen LogP) is 3.09. The second-order valence-corrected chi connectivity index (χ2v) is 8.72. The van der Waals surface area contributed by atoms with Gasteiger partial charge in [-0.1, -0.05) is 23.7 Å². The highest BCUT2D eigenvalue weighted by Crippen LogP contribution is 2.34. The van der Waals surface area contributed by atoms with Gasteiger partial charge in [-0.25, -0.2) is 4.79 Å². The van der Waals surface area contributed by atoms with E-state index in [1.54, 1.807) is 18.2 Å². The molecule has 0 bridgehead atoms. The standard InChI is InChI=1S/C24H25ClN4O5/c1-32-24(31)23-22(21-16(25)3-2-4-17(21)26-23)27-20(30)13-29-9-7-28(8-10-29)12-15-5-6-18-19(11-15)34-14-33-18/h2-6,11,26H,7-10,12-14H2,1H3,(H,27,30). The number of esters is 1. The van der Waals surface area contributed by atoms with E-state index < -0.39 is 5.97 Å². The Morgan fingerprint density at radius 1 is 1.09 bits per heavy atom. The molecular formula is C24H25ClN4O5. The summed E-state index contributed by atoms with van der Waals surface area (Å²) in [6.07, 6.45) is 0. The number of hydrogen-bond donors (Lipinski definition) is 2. The summed E-state index contributed by atoms with van der Waals surface area (Å²) in [7, 11) is 1.30. The molecule has 9 nitrogen and oxygen atoms in total. The van der Waals surface area contributed by atoms with E-state index in [1.165, 1.54) is 12.7 Å². The SMILES string of the molecule is COC(=O)c1[nH]c2cccc(Cl)c2c1NC(=O)CN1CCN(Cc2ccc3c(c2)OCO3)CC1. The topological polar surface area (TPSA) is 96.1 Å². The number of H-pyrrole nitrogens is 1. The molecule has 1 amide bonds. The van der Waals surface area contributed by atoms with Gasteiger partial charge in [-0.2, -0.15) is 0 Å². The Balaban J connectivity index is 1.19. The number of ether oxygens (including phenoxy) is 3. The van der Waals surface area contributed by atoms with Crippen LogP contribution in [0.15, 0.2) is 36.4 Å². The zero-order chi connectivity index (χ0) is 23.7. The van der Waals surface area contributed by atoms with Crippen LogP contribution >= 0.6 is 11.6 Å². The van der Waals surface area contributed by atoms with Crippen molar-refractivity contribution in [3.8, 4) is 11.5 Å². The first-order valence-electron chi connectivity index (χ1n) is 11.0. The fraction of sp³-hybridized carbons (Fsp3) is 0.333. The van der Waals surface area contributed by atoms with Crippen molar-refractivity contribution in [2.45, 2.75) is 6.54 Å². The average Bonchev–Trinajstić information content (AvgIpc) is 3.45. The van der Waals surface area contributed by atoms with E-state index in [2.05, 4.69) is 26.2 Å². The lowest BCUT2D eigenvalue weighted by Gasteiger charge is -2.34. The molecule has 34 heavy (non-hydrogen) atoms. The third-order valence-electron chi connectivity index (χ3n) is 6.10. The van der Waals surface area contributed by atoms with Crippen LogP contribution in [0.2, 0.25) is 5.02 Å². The maximum atomic E-state index is 12.9. The van der Waals surface area contributed by atoms with Gasteiger partial charge in [-0.15, -0.1) is 0 Å². The summed E-state index contributed by atoms with van der Waals surface area (Å²) in [6.45, 7) is 4.50. The number of amides is 1. The molecular weight excluding hydrogens is 460 g/mol. The molecule has 2 aromatic carbocycles. The van der Waals surface area contributed by atoms with Crippen LogP contribution in [-0.2, 0) is 16.1 Å². The molecule has 1 saturated heterocycles.